The Morgan fingerprint density at radius 3 is 2.33 bits per heavy atom. The summed E-state index contributed by atoms with van der Waals surface area (Å²) >= 11 is 3.56. The number of benzene rings is 2. The quantitative estimate of drug-likeness (QED) is 0.552. The summed E-state index contributed by atoms with van der Waals surface area (Å²) in [5, 5.41) is 4.55. The van der Waals surface area contributed by atoms with Gasteiger partial charge in [-0.1, -0.05) is 12.1 Å². The molecule has 0 aliphatic carbocycles. The molecule has 0 atom stereocenters. The van der Waals surface area contributed by atoms with Crippen molar-refractivity contribution in [1.82, 2.24) is 9.78 Å². The molecule has 1 heterocycles. The standard InChI is InChI=1S/C19H18BrFN2O3S/c1-13-18(20)19(15-6-8-16(21)9-7-15)23(22-13)12-2-3-14-4-10-17(11-5-14)27(24,25)26/h4-11H,2-3,12H2,1H3,(H,24,25,26). The van der Waals surface area contributed by atoms with E-state index in [0.29, 0.717) is 6.54 Å². The van der Waals surface area contributed by atoms with Gasteiger partial charge < -0.3 is 0 Å². The molecule has 0 saturated heterocycles. The van der Waals surface area contributed by atoms with Crippen LogP contribution in [-0.4, -0.2) is 22.8 Å². The fourth-order valence-corrected chi connectivity index (χ4v) is 3.86. The van der Waals surface area contributed by atoms with Gasteiger partial charge >= 0.3 is 0 Å². The number of hydrogen-bond donors (Lipinski definition) is 1. The van der Waals surface area contributed by atoms with Crippen molar-refractivity contribution < 1.29 is 17.4 Å². The third kappa shape index (κ3) is 4.63. The molecular weight excluding hydrogens is 435 g/mol. The summed E-state index contributed by atoms with van der Waals surface area (Å²) < 4.78 is 47.2. The predicted molar refractivity (Wildman–Crippen MR) is 105 cm³/mol. The monoisotopic (exact) mass is 452 g/mol. The Morgan fingerprint density at radius 2 is 1.74 bits per heavy atom. The Balaban J connectivity index is 1.73. The van der Waals surface area contributed by atoms with Crippen LogP contribution in [-0.2, 0) is 23.1 Å². The van der Waals surface area contributed by atoms with Crippen LogP contribution >= 0.6 is 15.9 Å². The van der Waals surface area contributed by atoms with Crippen molar-refractivity contribution in [1.29, 1.82) is 0 Å². The van der Waals surface area contributed by atoms with Crippen LogP contribution in [0.15, 0.2) is 57.9 Å². The van der Waals surface area contributed by atoms with Gasteiger partial charge in [0, 0.05) is 12.1 Å². The molecule has 0 spiro atoms. The molecule has 0 aliphatic heterocycles. The average Bonchev–Trinajstić information content (AvgIpc) is 2.90. The molecule has 2 aromatic carbocycles. The first-order valence-corrected chi connectivity index (χ1v) is 10.5. The maximum atomic E-state index is 13.2. The van der Waals surface area contributed by atoms with Crippen LogP contribution in [0.2, 0.25) is 0 Å². The zero-order chi connectivity index (χ0) is 19.6. The minimum Gasteiger partial charge on any atom is -0.282 e. The van der Waals surface area contributed by atoms with Gasteiger partial charge in [0.1, 0.15) is 5.82 Å². The van der Waals surface area contributed by atoms with Gasteiger partial charge in [-0.05, 0) is 77.7 Å². The molecular formula is C19H18BrFN2O3S. The lowest BCUT2D eigenvalue weighted by Crippen LogP contribution is -2.04. The molecule has 5 nitrogen and oxygen atoms in total. The maximum absolute atomic E-state index is 13.2. The number of halogens is 2. The van der Waals surface area contributed by atoms with Crippen LogP contribution in [0.1, 0.15) is 17.7 Å². The van der Waals surface area contributed by atoms with Crippen molar-refractivity contribution in [3.8, 4) is 11.3 Å². The second-order valence-corrected chi connectivity index (χ2v) is 8.42. The molecule has 1 aromatic heterocycles. The van der Waals surface area contributed by atoms with Crippen LogP contribution in [0.5, 0.6) is 0 Å². The van der Waals surface area contributed by atoms with Crippen molar-refractivity contribution in [2.45, 2.75) is 31.2 Å². The normalized spacial score (nSPS) is 11.7. The van der Waals surface area contributed by atoms with Crippen LogP contribution in [0.4, 0.5) is 4.39 Å². The van der Waals surface area contributed by atoms with E-state index < -0.39 is 10.1 Å². The van der Waals surface area contributed by atoms with Crippen LogP contribution < -0.4 is 0 Å². The topological polar surface area (TPSA) is 72.2 Å². The predicted octanol–water partition coefficient (Wildman–Crippen LogP) is 4.64. The number of aromatic nitrogens is 2. The molecule has 142 valence electrons. The number of nitrogens with zero attached hydrogens (tertiary/aromatic N) is 2. The molecule has 1 N–H and O–H groups in total. The Bertz CT molecular complexity index is 1050. The minimum absolute atomic E-state index is 0.114. The van der Waals surface area contributed by atoms with E-state index >= 15 is 0 Å². The molecule has 0 bridgehead atoms. The molecule has 0 aliphatic rings. The zero-order valence-corrected chi connectivity index (χ0v) is 17.0. The van der Waals surface area contributed by atoms with E-state index in [9.17, 15) is 12.8 Å². The molecule has 8 heteroatoms. The summed E-state index contributed by atoms with van der Waals surface area (Å²) in [4.78, 5) is -0.114. The largest absolute Gasteiger partial charge is 0.294 e. The minimum atomic E-state index is -4.17. The highest BCUT2D eigenvalue weighted by molar-refractivity contribution is 9.10. The highest BCUT2D eigenvalue weighted by Crippen LogP contribution is 2.31. The lowest BCUT2D eigenvalue weighted by molar-refractivity contribution is 0.483. The summed E-state index contributed by atoms with van der Waals surface area (Å²) in [6, 6.07) is 12.5. The Morgan fingerprint density at radius 1 is 1.11 bits per heavy atom. The van der Waals surface area contributed by atoms with Crippen molar-refractivity contribution in [2.75, 3.05) is 0 Å². The average molecular weight is 453 g/mol. The maximum Gasteiger partial charge on any atom is 0.294 e. The summed E-state index contributed by atoms with van der Waals surface area (Å²) in [7, 11) is -4.17. The van der Waals surface area contributed by atoms with Crippen molar-refractivity contribution in [3.63, 3.8) is 0 Å². The third-order valence-electron chi connectivity index (χ3n) is 4.23. The van der Waals surface area contributed by atoms with Gasteiger partial charge in [-0.2, -0.15) is 13.5 Å². The lowest BCUT2D eigenvalue weighted by atomic mass is 10.1. The molecule has 27 heavy (non-hydrogen) atoms. The Hall–Kier alpha value is -2.03. The fraction of sp³-hybridized carbons (Fsp3) is 0.211. The van der Waals surface area contributed by atoms with Gasteiger partial charge in [0.2, 0.25) is 0 Å². The highest BCUT2D eigenvalue weighted by Gasteiger charge is 2.15. The lowest BCUT2D eigenvalue weighted by Gasteiger charge is -2.09. The molecule has 0 amide bonds. The number of hydrogen-bond acceptors (Lipinski definition) is 3. The molecule has 0 radical (unpaired) electrons. The smallest absolute Gasteiger partial charge is 0.282 e. The SMILES string of the molecule is Cc1nn(CCCc2ccc(S(=O)(=O)O)cc2)c(-c2ccc(F)cc2)c1Br. The van der Waals surface area contributed by atoms with Gasteiger partial charge in [0.25, 0.3) is 10.1 Å². The molecule has 0 saturated carbocycles. The van der Waals surface area contributed by atoms with Crippen molar-refractivity contribution in [3.05, 3.63) is 70.1 Å². The second kappa shape index (κ2) is 7.92. The molecule has 0 fully saturated rings. The van der Waals surface area contributed by atoms with Crippen LogP contribution in [0.25, 0.3) is 11.3 Å². The summed E-state index contributed by atoms with van der Waals surface area (Å²) in [5.41, 5.74) is 3.59. The van der Waals surface area contributed by atoms with E-state index in [0.717, 1.165) is 39.8 Å². The first-order chi connectivity index (χ1) is 12.8. The number of aryl methyl sites for hydroxylation is 3. The van der Waals surface area contributed by atoms with Gasteiger partial charge in [0.05, 0.1) is 20.8 Å². The number of rotatable bonds is 6. The molecule has 0 unspecified atom stereocenters. The van der Waals surface area contributed by atoms with Gasteiger partial charge in [0.15, 0.2) is 0 Å². The van der Waals surface area contributed by atoms with E-state index in [-0.39, 0.29) is 10.7 Å². The molecule has 3 rings (SSSR count). The van der Waals surface area contributed by atoms with Crippen LogP contribution in [0.3, 0.4) is 0 Å². The molecule has 3 aromatic rings. The van der Waals surface area contributed by atoms with E-state index in [2.05, 4.69) is 21.0 Å². The van der Waals surface area contributed by atoms with E-state index in [4.69, 9.17) is 4.55 Å². The van der Waals surface area contributed by atoms with Gasteiger partial charge in [-0.15, -0.1) is 0 Å². The van der Waals surface area contributed by atoms with E-state index in [1.807, 2.05) is 11.6 Å². The second-order valence-electron chi connectivity index (χ2n) is 6.20. The Labute approximate surface area is 165 Å². The highest BCUT2D eigenvalue weighted by atomic mass is 79.9. The summed E-state index contributed by atoms with van der Waals surface area (Å²) in [6.45, 7) is 2.56. The Kier molecular flexibility index (Phi) is 5.78. The van der Waals surface area contributed by atoms with Crippen LogP contribution in [0, 0.1) is 12.7 Å². The summed E-state index contributed by atoms with van der Waals surface area (Å²) in [5.74, 6) is -0.286. The van der Waals surface area contributed by atoms with E-state index in [1.165, 1.54) is 24.3 Å². The zero-order valence-electron chi connectivity index (χ0n) is 14.6. The van der Waals surface area contributed by atoms with E-state index in [1.54, 1.807) is 24.3 Å². The fourth-order valence-electron chi connectivity index (χ4n) is 2.87. The summed E-state index contributed by atoms with van der Waals surface area (Å²) in [6.07, 6.45) is 1.51. The first-order valence-electron chi connectivity index (χ1n) is 8.31. The third-order valence-corrected chi connectivity index (χ3v) is 6.05. The van der Waals surface area contributed by atoms with Crippen molar-refractivity contribution in [2.24, 2.45) is 0 Å². The van der Waals surface area contributed by atoms with Gasteiger partial charge in [-0.3, -0.25) is 9.23 Å². The van der Waals surface area contributed by atoms with Gasteiger partial charge in [-0.25, -0.2) is 4.39 Å². The first kappa shape index (κ1) is 19.7. The van der Waals surface area contributed by atoms with Crippen molar-refractivity contribution >= 4 is 26.0 Å².